The standard InChI is InChI=1S/C9H8N2O4S/c12-6(13)1-3-11-8(14)7-5(2-4-16-7)10-9(11)15/h2,4H,1,3H2,(H,10,15)(H,12,13)/p-1. The number of nitrogens with zero attached hydrogens (tertiary/aromatic N) is 1. The molecule has 16 heavy (non-hydrogen) atoms. The third kappa shape index (κ3) is 1.76. The fourth-order valence-electron chi connectivity index (χ4n) is 1.38. The van der Waals surface area contributed by atoms with Crippen molar-refractivity contribution >= 4 is 27.5 Å². The molecule has 2 aromatic rings. The number of rotatable bonds is 3. The summed E-state index contributed by atoms with van der Waals surface area (Å²) in [6, 6.07) is 1.63. The van der Waals surface area contributed by atoms with Crippen molar-refractivity contribution in [1.82, 2.24) is 9.55 Å². The molecule has 0 spiro atoms. The zero-order chi connectivity index (χ0) is 11.7. The lowest BCUT2D eigenvalue weighted by Crippen LogP contribution is -2.36. The maximum absolute atomic E-state index is 11.8. The van der Waals surface area contributed by atoms with Crippen LogP contribution < -0.4 is 16.4 Å². The van der Waals surface area contributed by atoms with Gasteiger partial charge in [-0.2, -0.15) is 0 Å². The van der Waals surface area contributed by atoms with Gasteiger partial charge in [-0.1, -0.05) is 0 Å². The Balaban J connectivity index is 2.56. The minimum absolute atomic E-state index is 0.176. The van der Waals surface area contributed by atoms with Crippen LogP contribution in [0.3, 0.4) is 0 Å². The Kier molecular flexibility index (Phi) is 2.61. The van der Waals surface area contributed by atoms with Crippen LogP contribution in [-0.4, -0.2) is 15.5 Å². The lowest BCUT2D eigenvalue weighted by molar-refractivity contribution is -0.305. The summed E-state index contributed by atoms with van der Waals surface area (Å²) in [6.07, 6.45) is -0.361. The molecule has 0 aliphatic rings. The maximum Gasteiger partial charge on any atom is 0.328 e. The Bertz CT molecular complexity index is 651. The van der Waals surface area contributed by atoms with Crippen molar-refractivity contribution in [3.63, 3.8) is 0 Å². The quantitative estimate of drug-likeness (QED) is 0.734. The van der Waals surface area contributed by atoms with E-state index in [9.17, 15) is 19.5 Å². The molecule has 0 atom stereocenters. The van der Waals surface area contributed by atoms with Crippen molar-refractivity contribution in [2.75, 3.05) is 0 Å². The number of aliphatic carboxylic acids is 1. The Morgan fingerprint density at radius 3 is 2.94 bits per heavy atom. The number of thiophene rings is 1. The number of carboxylic acids is 1. The summed E-state index contributed by atoms with van der Waals surface area (Å²) in [6.45, 7) is -0.176. The second-order valence-corrected chi connectivity index (χ2v) is 4.09. The highest BCUT2D eigenvalue weighted by Crippen LogP contribution is 2.11. The van der Waals surface area contributed by atoms with Crippen LogP contribution in [0.1, 0.15) is 6.42 Å². The zero-order valence-electron chi connectivity index (χ0n) is 8.06. The van der Waals surface area contributed by atoms with Gasteiger partial charge in [0.1, 0.15) is 4.70 Å². The number of carbonyl (C=O) groups is 1. The SMILES string of the molecule is O=C([O-])CCn1c(=O)[nH]c2ccsc2c1=O. The number of hydrogen-bond donors (Lipinski definition) is 1. The van der Waals surface area contributed by atoms with E-state index in [0.29, 0.717) is 10.2 Å². The molecule has 0 radical (unpaired) electrons. The summed E-state index contributed by atoms with van der Waals surface area (Å²) < 4.78 is 1.28. The van der Waals surface area contributed by atoms with E-state index in [1.54, 1.807) is 11.4 Å². The van der Waals surface area contributed by atoms with Gasteiger partial charge in [-0.15, -0.1) is 11.3 Å². The Morgan fingerprint density at radius 2 is 2.25 bits per heavy atom. The molecule has 2 heterocycles. The van der Waals surface area contributed by atoms with Gasteiger partial charge in [0, 0.05) is 18.9 Å². The minimum Gasteiger partial charge on any atom is -0.550 e. The van der Waals surface area contributed by atoms with Crippen molar-refractivity contribution in [2.45, 2.75) is 13.0 Å². The predicted octanol–water partition coefficient (Wildman–Crippen LogP) is -1.11. The van der Waals surface area contributed by atoms with Gasteiger partial charge in [0.25, 0.3) is 5.56 Å². The van der Waals surface area contributed by atoms with Gasteiger partial charge in [-0.3, -0.25) is 9.36 Å². The summed E-state index contributed by atoms with van der Waals surface area (Å²) in [5, 5.41) is 12.0. The summed E-state index contributed by atoms with van der Waals surface area (Å²) in [5.41, 5.74) is -0.586. The molecule has 0 aromatic carbocycles. The zero-order valence-corrected chi connectivity index (χ0v) is 8.87. The second-order valence-electron chi connectivity index (χ2n) is 3.17. The number of hydrogen-bond acceptors (Lipinski definition) is 5. The van der Waals surface area contributed by atoms with Gasteiger partial charge in [-0.05, 0) is 11.4 Å². The average Bonchev–Trinajstić information content (AvgIpc) is 2.64. The van der Waals surface area contributed by atoms with E-state index in [0.717, 1.165) is 4.57 Å². The molecule has 6 nitrogen and oxygen atoms in total. The molecule has 7 heteroatoms. The van der Waals surface area contributed by atoms with Crippen LogP contribution in [0, 0.1) is 0 Å². The van der Waals surface area contributed by atoms with E-state index in [-0.39, 0.29) is 13.0 Å². The summed E-state index contributed by atoms with van der Waals surface area (Å²) in [4.78, 5) is 36.0. The molecule has 0 aliphatic heterocycles. The number of carbonyl (C=O) groups excluding carboxylic acids is 1. The van der Waals surface area contributed by atoms with Gasteiger partial charge in [0.05, 0.1) is 5.52 Å². The van der Waals surface area contributed by atoms with Gasteiger partial charge in [0.2, 0.25) is 0 Å². The number of H-pyrrole nitrogens is 1. The molecule has 2 rings (SSSR count). The molecular formula is C9H7N2O4S-. The first kappa shape index (κ1) is 10.6. The van der Waals surface area contributed by atoms with Crippen LogP contribution in [0.4, 0.5) is 0 Å². The summed E-state index contributed by atoms with van der Waals surface area (Å²) in [7, 11) is 0. The Hall–Kier alpha value is -1.89. The topological polar surface area (TPSA) is 95.0 Å². The number of aromatic amines is 1. The van der Waals surface area contributed by atoms with E-state index in [1.807, 2.05) is 0 Å². The van der Waals surface area contributed by atoms with Gasteiger partial charge < -0.3 is 14.9 Å². The molecule has 84 valence electrons. The van der Waals surface area contributed by atoms with Crippen molar-refractivity contribution in [3.05, 3.63) is 32.3 Å². The Labute approximate surface area is 92.8 Å². The smallest absolute Gasteiger partial charge is 0.328 e. The highest BCUT2D eigenvalue weighted by atomic mass is 32.1. The number of aromatic nitrogens is 2. The molecule has 0 unspecified atom stereocenters. The maximum atomic E-state index is 11.8. The van der Waals surface area contributed by atoms with E-state index in [2.05, 4.69) is 4.98 Å². The first-order chi connectivity index (χ1) is 7.59. The molecule has 0 amide bonds. The first-order valence-electron chi connectivity index (χ1n) is 4.50. The van der Waals surface area contributed by atoms with Crippen LogP contribution >= 0.6 is 11.3 Å². The van der Waals surface area contributed by atoms with Crippen LogP contribution in [0.15, 0.2) is 21.0 Å². The Morgan fingerprint density at radius 1 is 1.50 bits per heavy atom. The average molecular weight is 239 g/mol. The largest absolute Gasteiger partial charge is 0.550 e. The van der Waals surface area contributed by atoms with Gasteiger partial charge in [0.15, 0.2) is 0 Å². The van der Waals surface area contributed by atoms with Crippen molar-refractivity contribution in [2.24, 2.45) is 0 Å². The molecular weight excluding hydrogens is 232 g/mol. The van der Waals surface area contributed by atoms with Gasteiger partial charge >= 0.3 is 5.69 Å². The van der Waals surface area contributed by atoms with Crippen molar-refractivity contribution < 1.29 is 9.90 Å². The molecule has 0 saturated heterocycles. The van der Waals surface area contributed by atoms with Crippen molar-refractivity contribution in [1.29, 1.82) is 0 Å². The highest BCUT2D eigenvalue weighted by Gasteiger charge is 2.07. The fraction of sp³-hybridized carbons (Fsp3) is 0.222. The van der Waals surface area contributed by atoms with Crippen LogP contribution in [0.5, 0.6) is 0 Å². The third-order valence-electron chi connectivity index (χ3n) is 2.13. The predicted molar refractivity (Wildman–Crippen MR) is 56.3 cm³/mol. The minimum atomic E-state index is -1.29. The van der Waals surface area contributed by atoms with E-state index in [1.165, 1.54) is 11.3 Å². The summed E-state index contributed by atoms with van der Waals surface area (Å²) in [5.74, 6) is -1.29. The van der Waals surface area contributed by atoms with Gasteiger partial charge in [-0.25, -0.2) is 4.79 Å². The van der Waals surface area contributed by atoms with E-state index < -0.39 is 17.2 Å². The van der Waals surface area contributed by atoms with Crippen molar-refractivity contribution in [3.8, 4) is 0 Å². The van der Waals surface area contributed by atoms with E-state index in [4.69, 9.17) is 0 Å². The lowest BCUT2D eigenvalue weighted by Gasteiger charge is -2.04. The van der Waals surface area contributed by atoms with Crippen LogP contribution in [-0.2, 0) is 11.3 Å². The first-order valence-corrected chi connectivity index (χ1v) is 5.37. The van der Waals surface area contributed by atoms with Crippen LogP contribution in [0.2, 0.25) is 0 Å². The highest BCUT2D eigenvalue weighted by molar-refractivity contribution is 7.17. The van der Waals surface area contributed by atoms with Crippen LogP contribution in [0.25, 0.3) is 10.2 Å². The molecule has 0 bridgehead atoms. The third-order valence-corrected chi connectivity index (χ3v) is 3.03. The molecule has 0 fully saturated rings. The van der Waals surface area contributed by atoms with E-state index >= 15 is 0 Å². The number of nitrogens with one attached hydrogen (secondary N) is 1. The normalized spacial score (nSPS) is 10.8. The fourth-order valence-corrected chi connectivity index (χ4v) is 2.17. The molecule has 0 aliphatic carbocycles. The molecule has 2 aromatic heterocycles. The lowest BCUT2D eigenvalue weighted by atomic mass is 10.4. The second kappa shape index (κ2) is 3.93. The molecule has 1 N–H and O–H groups in total. The molecule has 0 saturated carbocycles. The summed E-state index contributed by atoms with van der Waals surface area (Å²) >= 11 is 1.20. The number of fused-ring (bicyclic) bond motifs is 1. The number of carboxylic acid groups (broad SMARTS) is 1. The monoisotopic (exact) mass is 239 g/mol.